The molecule has 0 atom stereocenters. The molecule has 0 bridgehead atoms. The summed E-state index contributed by atoms with van der Waals surface area (Å²) in [5.41, 5.74) is 1.04. The summed E-state index contributed by atoms with van der Waals surface area (Å²) in [6, 6.07) is 18.1. The maximum atomic E-state index is 12.7. The number of piperazine rings is 1. The Morgan fingerprint density at radius 1 is 0.800 bits per heavy atom. The summed E-state index contributed by atoms with van der Waals surface area (Å²) in [5.74, 6) is 3.00. The predicted octanol–water partition coefficient (Wildman–Crippen LogP) is 4.37. The fourth-order valence-corrected chi connectivity index (χ4v) is 4.57. The molecule has 7 nitrogen and oxygen atoms in total. The highest BCUT2D eigenvalue weighted by atomic mass is 16.5. The summed E-state index contributed by atoms with van der Waals surface area (Å²) in [5, 5.41) is 2.26. The van der Waals surface area contributed by atoms with Crippen LogP contribution in [0.5, 0.6) is 23.0 Å². The molecule has 1 fully saturated rings. The number of ether oxygens (including phenoxy) is 4. The van der Waals surface area contributed by atoms with Crippen molar-refractivity contribution in [3.05, 3.63) is 60.2 Å². The number of rotatable bonds is 10. The van der Waals surface area contributed by atoms with Crippen LogP contribution < -0.4 is 18.9 Å². The Hall–Kier alpha value is -3.45. The molecular formula is C28H34N2O5. The molecule has 3 aromatic carbocycles. The van der Waals surface area contributed by atoms with Gasteiger partial charge in [-0.05, 0) is 23.9 Å². The molecule has 1 aliphatic rings. The van der Waals surface area contributed by atoms with Crippen LogP contribution in [0.2, 0.25) is 0 Å². The topological polar surface area (TPSA) is 60.5 Å². The van der Waals surface area contributed by atoms with E-state index in [9.17, 15) is 4.79 Å². The molecule has 1 saturated heterocycles. The van der Waals surface area contributed by atoms with Crippen molar-refractivity contribution in [1.29, 1.82) is 0 Å². The quantitative estimate of drug-likeness (QED) is 0.404. The minimum absolute atomic E-state index is 0.190. The van der Waals surface area contributed by atoms with Crippen molar-refractivity contribution in [3.8, 4) is 23.0 Å². The van der Waals surface area contributed by atoms with Crippen LogP contribution in [0.1, 0.15) is 18.4 Å². The van der Waals surface area contributed by atoms with E-state index in [2.05, 4.69) is 23.1 Å². The first-order valence-electron chi connectivity index (χ1n) is 12.0. The predicted molar refractivity (Wildman–Crippen MR) is 137 cm³/mol. The van der Waals surface area contributed by atoms with E-state index in [4.69, 9.17) is 18.9 Å². The summed E-state index contributed by atoms with van der Waals surface area (Å²) in [4.78, 5) is 17.0. The molecular weight excluding hydrogens is 444 g/mol. The van der Waals surface area contributed by atoms with E-state index >= 15 is 0 Å². The van der Waals surface area contributed by atoms with Crippen LogP contribution in [0.15, 0.2) is 54.6 Å². The number of methoxy groups -OCH3 is 3. The molecule has 0 aromatic heterocycles. The van der Waals surface area contributed by atoms with Crippen molar-refractivity contribution in [2.24, 2.45) is 0 Å². The van der Waals surface area contributed by atoms with Crippen LogP contribution in [0.3, 0.4) is 0 Å². The van der Waals surface area contributed by atoms with Gasteiger partial charge in [-0.2, -0.15) is 0 Å². The largest absolute Gasteiger partial charge is 0.493 e. The Bertz CT molecular complexity index is 1140. The molecule has 35 heavy (non-hydrogen) atoms. The molecule has 0 spiro atoms. The van der Waals surface area contributed by atoms with Crippen LogP contribution in [0.25, 0.3) is 10.8 Å². The van der Waals surface area contributed by atoms with Gasteiger partial charge in [0.2, 0.25) is 11.7 Å². The standard InChI is InChI=1S/C28H34N2O5/c1-32-25-14-13-22(27(33-2)28(25)34-3)20-29-15-17-30(18-16-29)26(31)12-7-19-35-24-11-6-9-21-8-4-5-10-23(21)24/h4-6,8-11,13-14H,7,12,15-20H2,1-3H3. The molecule has 0 unspecified atom stereocenters. The molecule has 4 rings (SSSR count). The van der Waals surface area contributed by atoms with Gasteiger partial charge in [-0.25, -0.2) is 0 Å². The van der Waals surface area contributed by atoms with Gasteiger partial charge in [0.15, 0.2) is 11.5 Å². The fourth-order valence-electron chi connectivity index (χ4n) is 4.57. The minimum atomic E-state index is 0.190. The number of amides is 1. The zero-order valence-corrected chi connectivity index (χ0v) is 20.8. The first kappa shape index (κ1) is 24.7. The van der Waals surface area contributed by atoms with Gasteiger partial charge in [-0.3, -0.25) is 9.69 Å². The third-order valence-electron chi connectivity index (χ3n) is 6.45. The summed E-state index contributed by atoms with van der Waals surface area (Å²) >= 11 is 0. The second kappa shape index (κ2) is 11.8. The van der Waals surface area contributed by atoms with Gasteiger partial charge in [0, 0.05) is 50.1 Å². The first-order valence-corrected chi connectivity index (χ1v) is 12.0. The number of nitrogens with zero attached hydrogens (tertiary/aromatic N) is 2. The van der Waals surface area contributed by atoms with Gasteiger partial charge in [-0.1, -0.05) is 42.5 Å². The summed E-state index contributed by atoms with van der Waals surface area (Å²) in [7, 11) is 4.87. The van der Waals surface area contributed by atoms with E-state index < -0.39 is 0 Å². The lowest BCUT2D eigenvalue weighted by Crippen LogP contribution is -2.48. The lowest BCUT2D eigenvalue weighted by molar-refractivity contribution is -0.133. The van der Waals surface area contributed by atoms with Gasteiger partial charge in [0.05, 0.1) is 27.9 Å². The highest BCUT2D eigenvalue weighted by Gasteiger charge is 2.23. The van der Waals surface area contributed by atoms with E-state index in [0.717, 1.165) is 54.8 Å². The number of hydrogen-bond donors (Lipinski definition) is 0. The highest BCUT2D eigenvalue weighted by molar-refractivity contribution is 5.88. The normalized spacial score (nSPS) is 14.1. The molecule has 3 aromatic rings. The molecule has 0 N–H and O–H groups in total. The van der Waals surface area contributed by atoms with E-state index in [-0.39, 0.29) is 5.91 Å². The average molecular weight is 479 g/mol. The molecule has 7 heteroatoms. The van der Waals surface area contributed by atoms with Crippen molar-refractivity contribution in [3.63, 3.8) is 0 Å². The Balaban J connectivity index is 1.23. The van der Waals surface area contributed by atoms with Gasteiger partial charge in [0.25, 0.3) is 0 Å². The van der Waals surface area contributed by atoms with Crippen molar-refractivity contribution in [2.45, 2.75) is 19.4 Å². The summed E-state index contributed by atoms with van der Waals surface area (Å²) < 4.78 is 22.5. The summed E-state index contributed by atoms with van der Waals surface area (Å²) in [6.07, 6.45) is 1.19. The number of hydrogen-bond acceptors (Lipinski definition) is 6. The maximum Gasteiger partial charge on any atom is 0.222 e. The Morgan fingerprint density at radius 2 is 1.54 bits per heavy atom. The Kier molecular flexibility index (Phi) is 8.32. The zero-order valence-electron chi connectivity index (χ0n) is 20.8. The smallest absolute Gasteiger partial charge is 0.222 e. The van der Waals surface area contributed by atoms with E-state index in [1.54, 1.807) is 21.3 Å². The average Bonchev–Trinajstić information content (AvgIpc) is 2.91. The van der Waals surface area contributed by atoms with Gasteiger partial charge < -0.3 is 23.8 Å². The highest BCUT2D eigenvalue weighted by Crippen LogP contribution is 2.40. The van der Waals surface area contributed by atoms with E-state index in [1.807, 2.05) is 41.3 Å². The Morgan fingerprint density at radius 3 is 2.29 bits per heavy atom. The molecule has 1 amide bonds. The number of carbonyl (C=O) groups is 1. The minimum Gasteiger partial charge on any atom is -0.493 e. The van der Waals surface area contributed by atoms with Crippen molar-refractivity contribution >= 4 is 16.7 Å². The molecule has 186 valence electrons. The maximum absolute atomic E-state index is 12.7. The van der Waals surface area contributed by atoms with Crippen LogP contribution in [0, 0.1) is 0 Å². The molecule has 1 heterocycles. The number of carbonyl (C=O) groups excluding carboxylic acids is 1. The molecule has 0 saturated carbocycles. The van der Waals surface area contributed by atoms with Crippen molar-refractivity contribution in [1.82, 2.24) is 9.80 Å². The molecule has 0 radical (unpaired) electrons. The third-order valence-corrected chi connectivity index (χ3v) is 6.45. The van der Waals surface area contributed by atoms with Gasteiger partial charge in [0.1, 0.15) is 5.75 Å². The zero-order chi connectivity index (χ0) is 24.6. The molecule has 0 aliphatic carbocycles. The van der Waals surface area contributed by atoms with E-state index in [1.165, 1.54) is 0 Å². The third kappa shape index (κ3) is 5.80. The van der Waals surface area contributed by atoms with Crippen LogP contribution in [0.4, 0.5) is 0 Å². The lowest BCUT2D eigenvalue weighted by Gasteiger charge is -2.35. The number of fused-ring (bicyclic) bond motifs is 1. The Labute approximate surface area is 207 Å². The van der Waals surface area contributed by atoms with Gasteiger partial charge >= 0.3 is 0 Å². The van der Waals surface area contributed by atoms with Crippen molar-refractivity contribution < 1.29 is 23.7 Å². The SMILES string of the molecule is COc1ccc(CN2CCN(C(=O)CCCOc3cccc4ccccc34)CC2)c(OC)c1OC. The van der Waals surface area contributed by atoms with Crippen LogP contribution >= 0.6 is 0 Å². The van der Waals surface area contributed by atoms with Gasteiger partial charge in [-0.15, -0.1) is 0 Å². The second-order valence-electron chi connectivity index (χ2n) is 8.58. The monoisotopic (exact) mass is 478 g/mol. The van der Waals surface area contributed by atoms with Crippen LogP contribution in [-0.2, 0) is 11.3 Å². The van der Waals surface area contributed by atoms with Crippen LogP contribution in [-0.4, -0.2) is 69.8 Å². The lowest BCUT2D eigenvalue weighted by atomic mass is 10.1. The van der Waals surface area contributed by atoms with E-state index in [0.29, 0.717) is 36.7 Å². The molecule has 1 aliphatic heterocycles. The van der Waals surface area contributed by atoms with Crippen molar-refractivity contribution in [2.75, 3.05) is 54.1 Å². The number of benzene rings is 3. The second-order valence-corrected chi connectivity index (χ2v) is 8.58. The summed E-state index contributed by atoms with van der Waals surface area (Å²) in [6.45, 7) is 4.33. The first-order chi connectivity index (χ1) is 17.1. The fraction of sp³-hybridized carbons (Fsp3) is 0.393.